The van der Waals surface area contributed by atoms with E-state index in [1.807, 2.05) is 36.4 Å². The average molecular weight is 550 g/mol. The number of hydrazone groups is 1. The van der Waals surface area contributed by atoms with Crippen LogP contribution in [-0.4, -0.2) is 14.6 Å². The van der Waals surface area contributed by atoms with Crippen molar-refractivity contribution in [2.75, 3.05) is 0 Å². The fourth-order valence-electron chi connectivity index (χ4n) is 4.47. The molecular formula is C27H31Cl3N4S. The van der Waals surface area contributed by atoms with Crippen molar-refractivity contribution in [3.63, 3.8) is 0 Å². The molecule has 0 aliphatic carbocycles. The summed E-state index contributed by atoms with van der Waals surface area (Å²) < 4.78 is 2.24. The third-order valence-electron chi connectivity index (χ3n) is 6.38. The van der Waals surface area contributed by atoms with E-state index in [1.165, 1.54) is 24.3 Å². The SMILES string of the molecule is CCCCC(CC)C1=NNC(c2nc(Cc3ccc(Cl)cc3Cl)n(-c3ccc(Cl)cc3)c2CC)S1. The number of imidazole rings is 1. The van der Waals surface area contributed by atoms with Crippen LogP contribution >= 0.6 is 46.6 Å². The molecule has 1 aliphatic heterocycles. The van der Waals surface area contributed by atoms with E-state index >= 15 is 0 Å². The van der Waals surface area contributed by atoms with Crippen LogP contribution in [0.5, 0.6) is 0 Å². The molecule has 0 radical (unpaired) electrons. The van der Waals surface area contributed by atoms with Crippen LogP contribution in [0, 0.1) is 5.92 Å². The molecule has 0 spiro atoms. The summed E-state index contributed by atoms with van der Waals surface area (Å²) >= 11 is 20.7. The molecule has 2 unspecified atom stereocenters. The van der Waals surface area contributed by atoms with Crippen LogP contribution in [0.2, 0.25) is 15.1 Å². The summed E-state index contributed by atoms with van der Waals surface area (Å²) in [5.74, 6) is 1.42. The first-order valence-electron chi connectivity index (χ1n) is 12.2. The maximum Gasteiger partial charge on any atom is 0.139 e. The van der Waals surface area contributed by atoms with Gasteiger partial charge in [0.2, 0.25) is 0 Å². The summed E-state index contributed by atoms with van der Waals surface area (Å²) in [4.78, 5) is 5.18. The Morgan fingerprint density at radius 2 is 1.77 bits per heavy atom. The van der Waals surface area contributed by atoms with E-state index < -0.39 is 0 Å². The van der Waals surface area contributed by atoms with Crippen LogP contribution in [0.1, 0.15) is 74.6 Å². The number of nitrogens with one attached hydrogen (secondary N) is 1. The Balaban J connectivity index is 1.72. The molecule has 1 N–H and O–H groups in total. The van der Waals surface area contributed by atoms with Crippen LogP contribution in [0.15, 0.2) is 47.6 Å². The second-order valence-corrected chi connectivity index (χ2v) is 11.2. The Kier molecular flexibility index (Phi) is 9.09. The summed E-state index contributed by atoms with van der Waals surface area (Å²) in [6.45, 7) is 6.66. The summed E-state index contributed by atoms with van der Waals surface area (Å²) in [5, 5.41) is 7.91. The van der Waals surface area contributed by atoms with Gasteiger partial charge in [0.05, 0.1) is 10.7 Å². The number of hydrogen-bond acceptors (Lipinski definition) is 4. The first-order chi connectivity index (χ1) is 16.9. The number of nitrogens with zero attached hydrogens (tertiary/aromatic N) is 3. The highest BCUT2D eigenvalue weighted by molar-refractivity contribution is 8.14. The van der Waals surface area contributed by atoms with Crippen LogP contribution in [0.4, 0.5) is 0 Å². The first kappa shape index (κ1) is 26.4. The number of aromatic nitrogens is 2. The number of hydrogen-bond donors (Lipinski definition) is 1. The van der Waals surface area contributed by atoms with Gasteiger partial charge in [-0.2, -0.15) is 5.10 Å². The largest absolute Gasteiger partial charge is 0.300 e. The zero-order chi connectivity index (χ0) is 24.9. The monoisotopic (exact) mass is 548 g/mol. The van der Waals surface area contributed by atoms with Crippen molar-refractivity contribution < 1.29 is 0 Å². The summed E-state index contributed by atoms with van der Waals surface area (Å²) in [6, 6.07) is 13.5. The highest BCUT2D eigenvalue weighted by Crippen LogP contribution is 2.39. The molecule has 35 heavy (non-hydrogen) atoms. The minimum atomic E-state index is -0.0105. The van der Waals surface area contributed by atoms with Gasteiger partial charge < -0.3 is 4.57 Å². The van der Waals surface area contributed by atoms with Crippen molar-refractivity contribution in [2.45, 2.75) is 64.7 Å². The second kappa shape index (κ2) is 12.1. The lowest BCUT2D eigenvalue weighted by molar-refractivity contribution is 0.570. The molecule has 0 saturated heterocycles. The van der Waals surface area contributed by atoms with Gasteiger partial charge in [-0.1, -0.05) is 86.2 Å². The van der Waals surface area contributed by atoms with Crippen molar-refractivity contribution in [1.82, 2.24) is 15.0 Å². The predicted molar refractivity (Wildman–Crippen MR) is 151 cm³/mol. The van der Waals surface area contributed by atoms with Gasteiger partial charge in [-0.3, -0.25) is 5.43 Å². The zero-order valence-corrected chi connectivity index (χ0v) is 23.4. The Morgan fingerprint density at radius 3 is 2.43 bits per heavy atom. The molecule has 2 aromatic carbocycles. The minimum Gasteiger partial charge on any atom is -0.300 e. The number of halogens is 3. The quantitative estimate of drug-likeness (QED) is 0.275. The van der Waals surface area contributed by atoms with Crippen LogP contribution in [0.25, 0.3) is 5.69 Å². The van der Waals surface area contributed by atoms with E-state index in [4.69, 9.17) is 44.9 Å². The molecule has 1 aliphatic rings. The Bertz CT molecular complexity index is 1190. The summed E-state index contributed by atoms with van der Waals surface area (Å²) in [7, 11) is 0. The van der Waals surface area contributed by atoms with Crippen molar-refractivity contribution in [3.05, 3.63) is 80.3 Å². The molecule has 4 rings (SSSR count). The van der Waals surface area contributed by atoms with Gasteiger partial charge in [0.25, 0.3) is 0 Å². The maximum absolute atomic E-state index is 6.54. The fourth-order valence-corrected chi connectivity index (χ4v) is 6.31. The van der Waals surface area contributed by atoms with Gasteiger partial charge in [0.15, 0.2) is 0 Å². The van der Waals surface area contributed by atoms with Crippen LogP contribution < -0.4 is 5.43 Å². The van der Waals surface area contributed by atoms with Gasteiger partial charge >= 0.3 is 0 Å². The van der Waals surface area contributed by atoms with Gasteiger partial charge in [0, 0.05) is 38.8 Å². The van der Waals surface area contributed by atoms with Gasteiger partial charge in [-0.15, -0.1) is 0 Å². The number of unbranched alkanes of at least 4 members (excludes halogenated alkanes) is 1. The molecule has 186 valence electrons. The summed E-state index contributed by atoms with van der Waals surface area (Å²) in [5.41, 5.74) is 7.59. The Morgan fingerprint density at radius 1 is 1.03 bits per heavy atom. The molecule has 4 nitrogen and oxygen atoms in total. The van der Waals surface area contributed by atoms with Crippen molar-refractivity contribution in [3.8, 4) is 5.69 Å². The lowest BCUT2D eigenvalue weighted by Gasteiger charge is -2.15. The van der Waals surface area contributed by atoms with Crippen LogP contribution in [0.3, 0.4) is 0 Å². The third-order valence-corrected chi connectivity index (χ3v) is 8.45. The molecule has 0 bridgehead atoms. The van der Waals surface area contributed by atoms with E-state index in [0.717, 1.165) is 41.3 Å². The molecule has 1 aromatic heterocycles. The molecule has 0 fully saturated rings. The van der Waals surface area contributed by atoms with Crippen molar-refractivity contribution in [1.29, 1.82) is 0 Å². The van der Waals surface area contributed by atoms with Gasteiger partial charge in [-0.25, -0.2) is 4.98 Å². The number of thioether (sulfide) groups is 1. The minimum absolute atomic E-state index is 0.0105. The Labute approximate surface area is 227 Å². The predicted octanol–water partition coefficient (Wildman–Crippen LogP) is 8.85. The molecule has 8 heteroatoms. The first-order valence-corrected chi connectivity index (χ1v) is 14.3. The standard InChI is InChI=1S/C27H31Cl3N4S/c1-4-7-8-17(5-2)26-32-33-27(35-26)25-23(6-3)34(21-13-11-19(28)12-14-21)24(31-25)15-18-9-10-20(29)16-22(18)30/h9-14,16-17,27,33H,4-8,15H2,1-3H3. The molecule has 0 amide bonds. The zero-order valence-electron chi connectivity index (χ0n) is 20.3. The summed E-state index contributed by atoms with van der Waals surface area (Å²) in [6.07, 6.45) is 6.12. The highest BCUT2D eigenvalue weighted by Gasteiger charge is 2.31. The average Bonchev–Trinajstić information content (AvgIpc) is 3.47. The molecule has 2 heterocycles. The van der Waals surface area contributed by atoms with Gasteiger partial charge in [0.1, 0.15) is 11.2 Å². The van der Waals surface area contributed by atoms with Crippen LogP contribution in [-0.2, 0) is 12.8 Å². The normalized spacial score (nSPS) is 16.3. The van der Waals surface area contributed by atoms with E-state index in [-0.39, 0.29) is 5.37 Å². The molecule has 2 atom stereocenters. The third kappa shape index (κ3) is 6.02. The molecular weight excluding hydrogens is 519 g/mol. The van der Waals surface area contributed by atoms with E-state index in [1.54, 1.807) is 17.8 Å². The fraction of sp³-hybridized carbons (Fsp3) is 0.407. The van der Waals surface area contributed by atoms with Crippen molar-refractivity contribution in [2.24, 2.45) is 11.0 Å². The van der Waals surface area contributed by atoms with Gasteiger partial charge in [-0.05, 0) is 61.2 Å². The highest BCUT2D eigenvalue weighted by atomic mass is 35.5. The molecule has 3 aromatic rings. The lowest BCUT2D eigenvalue weighted by atomic mass is 10.0. The lowest BCUT2D eigenvalue weighted by Crippen LogP contribution is -2.11. The Hall–Kier alpha value is -1.66. The molecule has 0 saturated carbocycles. The smallest absolute Gasteiger partial charge is 0.139 e. The number of benzene rings is 2. The second-order valence-electron chi connectivity index (χ2n) is 8.76. The number of rotatable bonds is 10. The topological polar surface area (TPSA) is 42.2 Å². The van der Waals surface area contributed by atoms with E-state index in [0.29, 0.717) is 27.4 Å². The maximum atomic E-state index is 6.54. The van der Waals surface area contributed by atoms with E-state index in [9.17, 15) is 0 Å². The van der Waals surface area contributed by atoms with Crippen molar-refractivity contribution >= 4 is 51.6 Å². The van der Waals surface area contributed by atoms with E-state index in [2.05, 4.69) is 30.8 Å².